The Balaban J connectivity index is 1.64. The molecule has 4 nitrogen and oxygen atoms in total. The summed E-state index contributed by atoms with van der Waals surface area (Å²) >= 11 is 3.39. The number of benzene rings is 2. The largest absolute Gasteiger partial charge is 0.349 e. The molecule has 5 heteroatoms. The van der Waals surface area contributed by atoms with Gasteiger partial charge in [0, 0.05) is 23.1 Å². The van der Waals surface area contributed by atoms with Gasteiger partial charge in [-0.05, 0) is 36.8 Å². The van der Waals surface area contributed by atoms with E-state index >= 15 is 0 Å². The minimum Gasteiger partial charge on any atom is -0.349 e. The second-order valence-electron chi connectivity index (χ2n) is 6.02. The van der Waals surface area contributed by atoms with E-state index in [-0.39, 0.29) is 30.2 Å². The molecule has 0 aromatic heterocycles. The van der Waals surface area contributed by atoms with E-state index in [1.807, 2.05) is 61.5 Å². The average molecular weight is 387 g/mol. The van der Waals surface area contributed by atoms with Gasteiger partial charge in [-0.3, -0.25) is 9.59 Å². The number of hydrogen-bond acceptors (Lipinski definition) is 2. The van der Waals surface area contributed by atoms with E-state index in [0.717, 1.165) is 15.7 Å². The first-order chi connectivity index (χ1) is 11.5. The van der Waals surface area contributed by atoms with Gasteiger partial charge in [0.2, 0.25) is 11.8 Å². The van der Waals surface area contributed by atoms with Crippen LogP contribution in [0.3, 0.4) is 0 Å². The number of nitrogens with zero attached hydrogens (tertiary/aromatic N) is 1. The molecule has 0 saturated carbocycles. The highest BCUT2D eigenvalue weighted by atomic mass is 79.9. The molecule has 1 aliphatic heterocycles. The molecule has 1 saturated heterocycles. The molecule has 1 heterocycles. The van der Waals surface area contributed by atoms with Crippen molar-refractivity contribution in [3.8, 4) is 0 Å². The Bertz CT molecular complexity index is 731. The summed E-state index contributed by atoms with van der Waals surface area (Å²) in [5.41, 5.74) is 1.88. The lowest BCUT2D eigenvalue weighted by Crippen LogP contribution is -2.34. The molecule has 1 aliphatic rings. The van der Waals surface area contributed by atoms with Gasteiger partial charge in [0.1, 0.15) is 0 Å². The summed E-state index contributed by atoms with van der Waals surface area (Å²) in [5.74, 6) is -0.392. The summed E-state index contributed by atoms with van der Waals surface area (Å²) in [7, 11) is 0. The lowest BCUT2D eigenvalue weighted by molar-refractivity contribution is -0.126. The zero-order valence-corrected chi connectivity index (χ0v) is 15.0. The van der Waals surface area contributed by atoms with Gasteiger partial charge in [0.15, 0.2) is 0 Å². The molecular formula is C19H19BrN2O2. The highest BCUT2D eigenvalue weighted by Gasteiger charge is 2.35. The van der Waals surface area contributed by atoms with Crippen molar-refractivity contribution in [2.75, 3.05) is 11.4 Å². The minimum atomic E-state index is -0.313. The molecule has 2 amide bonds. The third-order valence-electron chi connectivity index (χ3n) is 4.29. The van der Waals surface area contributed by atoms with Crippen LogP contribution >= 0.6 is 15.9 Å². The summed E-state index contributed by atoms with van der Waals surface area (Å²) in [4.78, 5) is 26.5. The van der Waals surface area contributed by atoms with Crippen molar-refractivity contribution in [3.63, 3.8) is 0 Å². The van der Waals surface area contributed by atoms with Gasteiger partial charge in [-0.2, -0.15) is 0 Å². The number of hydrogen-bond donors (Lipinski definition) is 1. The van der Waals surface area contributed by atoms with Crippen LogP contribution in [0.4, 0.5) is 5.69 Å². The number of amides is 2. The lowest BCUT2D eigenvalue weighted by atomic mass is 10.1. The van der Waals surface area contributed by atoms with Crippen molar-refractivity contribution in [2.45, 2.75) is 19.4 Å². The molecule has 2 aromatic rings. The summed E-state index contributed by atoms with van der Waals surface area (Å²) in [6.45, 7) is 2.38. The maximum absolute atomic E-state index is 12.5. The molecule has 1 N–H and O–H groups in total. The average Bonchev–Trinajstić information content (AvgIpc) is 2.98. The van der Waals surface area contributed by atoms with Gasteiger partial charge in [-0.25, -0.2) is 0 Å². The maximum Gasteiger partial charge on any atom is 0.227 e. The molecule has 0 radical (unpaired) electrons. The number of anilines is 1. The second-order valence-corrected chi connectivity index (χ2v) is 6.94. The molecule has 24 heavy (non-hydrogen) atoms. The molecule has 0 aliphatic carbocycles. The second kappa shape index (κ2) is 7.18. The fourth-order valence-corrected chi connectivity index (χ4v) is 3.17. The molecule has 1 fully saturated rings. The number of nitrogens with one attached hydrogen (secondary N) is 1. The van der Waals surface area contributed by atoms with E-state index in [9.17, 15) is 9.59 Å². The normalized spacial score (nSPS) is 18.5. The van der Waals surface area contributed by atoms with Crippen LogP contribution in [0.2, 0.25) is 0 Å². The predicted octanol–water partition coefficient (Wildman–Crippen LogP) is 3.68. The standard InChI is InChI=1S/C19H19BrN2O2/c1-13(14-5-3-2-4-6-14)21-19(24)15-11-18(23)22(12-15)17-9-7-16(20)8-10-17/h2-10,13,15H,11-12H2,1H3,(H,21,24)/t13-,15-/m1/s1. The van der Waals surface area contributed by atoms with Crippen LogP contribution in [0.25, 0.3) is 0 Å². The highest BCUT2D eigenvalue weighted by Crippen LogP contribution is 2.27. The fraction of sp³-hybridized carbons (Fsp3) is 0.263. The van der Waals surface area contributed by atoms with Crippen molar-refractivity contribution < 1.29 is 9.59 Å². The molecule has 124 valence electrons. The SMILES string of the molecule is C[C@@H](NC(=O)[C@@H]1CC(=O)N(c2ccc(Br)cc2)C1)c1ccccc1. The monoisotopic (exact) mass is 386 g/mol. The first kappa shape index (κ1) is 16.7. The van der Waals surface area contributed by atoms with Crippen molar-refractivity contribution in [2.24, 2.45) is 5.92 Å². The first-order valence-corrected chi connectivity index (χ1v) is 8.75. The summed E-state index contributed by atoms with van der Waals surface area (Å²) in [6, 6.07) is 17.3. The van der Waals surface area contributed by atoms with E-state index in [1.54, 1.807) is 4.90 Å². The number of carbonyl (C=O) groups excluding carboxylic acids is 2. The summed E-state index contributed by atoms with van der Waals surface area (Å²) in [5, 5.41) is 3.01. The maximum atomic E-state index is 12.5. The molecule has 0 unspecified atom stereocenters. The van der Waals surface area contributed by atoms with Gasteiger partial charge in [0.05, 0.1) is 12.0 Å². The van der Waals surface area contributed by atoms with Gasteiger partial charge >= 0.3 is 0 Å². The summed E-state index contributed by atoms with van der Waals surface area (Å²) < 4.78 is 0.962. The lowest BCUT2D eigenvalue weighted by Gasteiger charge is -2.19. The summed E-state index contributed by atoms with van der Waals surface area (Å²) in [6.07, 6.45) is 0.253. The molecule has 2 aromatic carbocycles. The highest BCUT2D eigenvalue weighted by molar-refractivity contribution is 9.10. The van der Waals surface area contributed by atoms with Gasteiger partial charge in [0.25, 0.3) is 0 Å². The van der Waals surface area contributed by atoms with Crippen LogP contribution in [-0.4, -0.2) is 18.4 Å². The minimum absolute atomic E-state index is 0.00941. The van der Waals surface area contributed by atoms with Crippen LogP contribution in [0, 0.1) is 5.92 Å². The Morgan fingerprint density at radius 1 is 1.17 bits per heavy atom. The Hall–Kier alpha value is -2.14. The van der Waals surface area contributed by atoms with Crippen LogP contribution in [-0.2, 0) is 9.59 Å². The Kier molecular flexibility index (Phi) is 5.00. The van der Waals surface area contributed by atoms with Crippen molar-refractivity contribution in [3.05, 3.63) is 64.6 Å². The van der Waals surface area contributed by atoms with Crippen LogP contribution < -0.4 is 10.2 Å². The number of carbonyl (C=O) groups is 2. The van der Waals surface area contributed by atoms with E-state index in [0.29, 0.717) is 6.54 Å². The van der Waals surface area contributed by atoms with E-state index in [2.05, 4.69) is 21.2 Å². The van der Waals surface area contributed by atoms with E-state index in [4.69, 9.17) is 0 Å². The van der Waals surface area contributed by atoms with E-state index in [1.165, 1.54) is 0 Å². The molecule has 3 rings (SSSR count). The zero-order valence-electron chi connectivity index (χ0n) is 13.4. The number of rotatable bonds is 4. The van der Waals surface area contributed by atoms with E-state index < -0.39 is 0 Å². The third kappa shape index (κ3) is 3.67. The molecule has 0 bridgehead atoms. The van der Waals surface area contributed by atoms with Gasteiger partial charge in [-0.1, -0.05) is 46.3 Å². The quantitative estimate of drug-likeness (QED) is 0.870. The molecular weight excluding hydrogens is 368 g/mol. The first-order valence-electron chi connectivity index (χ1n) is 7.96. The van der Waals surface area contributed by atoms with Crippen LogP contribution in [0.1, 0.15) is 24.9 Å². The van der Waals surface area contributed by atoms with Crippen LogP contribution in [0.15, 0.2) is 59.1 Å². The Morgan fingerprint density at radius 2 is 1.83 bits per heavy atom. The van der Waals surface area contributed by atoms with Crippen molar-refractivity contribution in [1.82, 2.24) is 5.32 Å². The number of halogens is 1. The smallest absolute Gasteiger partial charge is 0.227 e. The van der Waals surface area contributed by atoms with Crippen molar-refractivity contribution in [1.29, 1.82) is 0 Å². The predicted molar refractivity (Wildman–Crippen MR) is 97.6 cm³/mol. The fourth-order valence-electron chi connectivity index (χ4n) is 2.91. The van der Waals surface area contributed by atoms with Crippen LogP contribution in [0.5, 0.6) is 0 Å². The third-order valence-corrected chi connectivity index (χ3v) is 4.82. The van der Waals surface area contributed by atoms with Gasteiger partial charge in [-0.15, -0.1) is 0 Å². The Labute approximate surface area is 150 Å². The molecule has 0 spiro atoms. The topological polar surface area (TPSA) is 49.4 Å². The van der Waals surface area contributed by atoms with Gasteiger partial charge < -0.3 is 10.2 Å². The Morgan fingerprint density at radius 3 is 2.50 bits per heavy atom. The zero-order chi connectivity index (χ0) is 17.1. The molecule has 2 atom stereocenters. The van der Waals surface area contributed by atoms with Crippen molar-refractivity contribution >= 4 is 33.4 Å².